The Labute approximate surface area is 221 Å². The van der Waals surface area contributed by atoms with Crippen molar-refractivity contribution in [1.29, 1.82) is 0 Å². The van der Waals surface area contributed by atoms with Gasteiger partial charge >= 0.3 is 0 Å². The van der Waals surface area contributed by atoms with Crippen LogP contribution < -0.4 is 0 Å². The van der Waals surface area contributed by atoms with E-state index in [1.54, 1.807) is 12.1 Å². The summed E-state index contributed by atoms with van der Waals surface area (Å²) < 4.78 is 0. The molecule has 0 saturated heterocycles. The second kappa shape index (κ2) is 13.1. The van der Waals surface area contributed by atoms with E-state index in [2.05, 4.69) is 38.1 Å². The molecule has 0 N–H and O–H groups in total. The molecule has 0 aromatic heterocycles. The topological polar surface area (TPSA) is 0 Å². The minimum atomic E-state index is -0.228. The second-order valence-electron chi connectivity index (χ2n) is 7.70. The highest BCUT2D eigenvalue weighted by molar-refractivity contribution is 6.35. The van der Waals surface area contributed by atoms with E-state index >= 15 is 0 Å². The van der Waals surface area contributed by atoms with Crippen molar-refractivity contribution in [3.05, 3.63) is 103 Å². The Morgan fingerprint density at radius 3 is 1.06 bits per heavy atom. The maximum Gasteiger partial charge on any atom is 0.0423 e. The Bertz CT molecular complexity index is 921. The maximum absolute atomic E-state index is 6.33. The van der Waals surface area contributed by atoms with Gasteiger partial charge in [0.05, 0.1) is 0 Å². The van der Waals surface area contributed by atoms with E-state index in [0.717, 1.165) is 17.5 Å². The van der Waals surface area contributed by atoms with Gasteiger partial charge in [0.25, 0.3) is 0 Å². The van der Waals surface area contributed by atoms with E-state index in [0.29, 0.717) is 20.1 Å². The quantitative estimate of drug-likeness (QED) is 0.312. The molecule has 0 nitrogen and oxygen atoms in total. The third kappa shape index (κ3) is 6.29. The minimum absolute atomic E-state index is 0.228. The molecule has 33 heavy (non-hydrogen) atoms. The zero-order chi connectivity index (χ0) is 25.4. The largest absolute Gasteiger partial charge is 0.0843 e. The number of benzene rings is 3. The molecular formula is C29H36Cl4. The van der Waals surface area contributed by atoms with Crippen molar-refractivity contribution >= 4 is 46.4 Å². The first-order chi connectivity index (χ1) is 15.7. The number of fused-ring (bicyclic) bond motifs is 1. The summed E-state index contributed by atoms with van der Waals surface area (Å²) in [4.78, 5) is 0. The predicted octanol–water partition coefficient (Wildman–Crippen LogP) is 11.4. The van der Waals surface area contributed by atoms with E-state index in [1.165, 1.54) is 11.1 Å². The lowest BCUT2D eigenvalue weighted by Gasteiger charge is -2.31. The third-order valence-electron chi connectivity index (χ3n) is 5.82. The Kier molecular flexibility index (Phi) is 11.8. The van der Waals surface area contributed by atoms with Crippen LogP contribution in [0.5, 0.6) is 0 Å². The molecule has 180 valence electrons. The average Bonchev–Trinajstić information content (AvgIpc) is 3.06. The Hall–Kier alpha value is -1.18. The molecule has 0 amide bonds. The van der Waals surface area contributed by atoms with Crippen LogP contribution in [0.2, 0.25) is 20.1 Å². The van der Waals surface area contributed by atoms with E-state index in [1.807, 2.05) is 65.8 Å². The molecule has 4 rings (SSSR count). The van der Waals surface area contributed by atoms with Crippen molar-refractivity contribution in [2.24, 2.45) is 0 Å². The zero-order valence-electron chi connectivity index (χ0n) is 21.0. The summed E-state index contributed by atoms with van der Waals surface area (Å²) in [6.45, 7) is 16.5. The van der Waals surface area contributed by atoms with E-state index in [9.17, 15) is 0 Å². The van der Waals surface area contributed by atoms with E-state index < -0.39 is 0 Å². The molecule has 0 bridgehead atoms. The standard InChI is InChI=1S/C23H18Cl4.3C2H6/c1-22(14-7-16(24)11-17(25)8-14)13-23(2,21-6-4-3-5-20(21)22)15-9-18(26)12-19(27)10-15;3*1-2/h3-12H,13H2,1-2H3;3*1-2H3. The van der Waals surface area contributed by atoms with Crippen molar-refractivity contribution in [2.45, 2.75) is 72.6 Å². The highest BCUT2D eigenvalue weighted by Gasteiger charge is 2.49. The fraction of sp³-hybridized carbons (Fsp3) is 0.379. The molecule has 4 heteroatoms. The van der Waals surface area contributed by atoms with Gasteiger partial charge in [0.15, 0.2) is 0 Å². The Balaban J connectivity index is 0.000000841. The first-order valence-electron chi connectivity index (χ1n) is 11.8. The average molecular weight is 526 g/mol. The second-order valence-corrected chi connectivity index (χ2v) is 9.45. The summed E-state index contributed by atoms with van der Waals surface area (Å²) in [6, 6.07) is 20.2. The monoisotopic (exact) mass is 524 g/mol. The van der Waals surface area contributed by atoms with Crippen LogP contribution in [-0.4, -0.2) is 0 Å². The Morgan fingerprint density at radius 1 is 0.515 bits per heavy atom. The van der Waals surface area contributed by atoms with Crippen LogP contribution in [0.15, 0.2) is 60.7 Å². The van der Waals surface area contributed by atoms with Crippen LogP contribution in [0.3, 0.4) is 0 Å². The molecular weight excluding hydrogens is 490 g/mol. The van der Waals surface area contributed by atoms with Crippen molar-refractivity contribution in [3.63, 3.8) is 0 Å². The van der Waals surface area contributed by atoms with Crippen molar-refractivity contribution in [3.8, 4) is 0 Å². The van der Waals surface area contributed by atoms with Gasteiger partial charge in [0.1, 0.15) is 0 Å². The maximum atomic E-state index is 6.33. The van der Waals surface area contributed by atoms with Crippen LogP contribution in [-0.2, 0) is 10.8 Å². The first-order valence-corrected chi connectivity index (χ1v) is 13.3. The van der Waals surface area contributed by atoms with Gasteiger partial charge in [-0.15, -0.1) is 0 Å². The molecule has 1 aliphatic rings. The smallest absolute Gasteiger partial charge is 0.0423 e. The summed E-state index contributed by atoms with van der Waals surface area (Å²) in [6.07, 6.45) is 0.868. The molecule has 3 aromatic rings. The van der Waals surface area contributed by atoms with E-state index in [-0.39, 0.29) is 10.8 Å². The minimum Gasteiger partial charge on any atom is -0.0843 e. The normalized spacial score (nSPS) is 20.2. The lowest BCUT2D eigenvalue weighted by molar-refractivity contribution is 0.450. The fourth-order valence-corrected chi connectivity index (χ4v) is 5.66. The zero-order valence-corrected chi connectivity index (χ0v) is 24.0. The molecule has 0 heterocycles. The molecule has 0 fully saturated rings. The van der Waals surface area contributed by atoms with Gasteiger partial charge in [0, 0.05) is 30.9 Å². The number of hydrogen-bond acceptors (Lipinski definition) is 0. The van der Waals surface area contributed by atoms with Gasteiger partial charge in [-0.3, -0.25) is 0 Å². The van der Waals surface area contributed by atoms with Crippen LogP contribution in [0, 0.1) is 0 Å². The predicted molar refractivity (Wildman–Crippen MR) is 151 cm³/mol. The third-order valence-corrected chi connectivity index (χ3v) is 6.70. The summed E-state index contributed by atoms with van der Waals surface area (Å²) in [7, 11) is 0. The van der Waals surface area contributed by atoms with E-state index in [4.69, 9.17) is 46.4 Å². The van der Waals surface area contributed by atoms with Gasteiger partial charge in [-0.2, -0.15) is 0 Å². The van der Waals surface area contributed by atoms with Gasteiger partial charge in [-0.1, -0.05) is 126 Å². The number of halogens is 4. The SMILES string of the molecule is CC.CC.CC.CC1(c2cc(Cl)cc(Cl)c2)CC(C)(c2cc(Cl)cc(Cl)c2)c2ccccc21. The highest BCUT2D eigenvalue weighted by Crippen LogP contribution is 2.56. The van der Waals surface area contributed by atoms with Crippen molar-refractivity contribution in [1.82, 2.24) is 0 Å². The summed E-state index contributed by atoms with van der Waals surface area (Å²) in [5.74, 6) is 0. The fourth-order valence-electron chi connectivity index (χ4n) is 4.60. The van der Waals surface area contributed by atoms with Crippen LogP contribution in [0.4, 0.5) is 0 Å². The Morgan fingerprint density at radius 2 is 0.788 bits per heavy atom. The van der Waals surface area contributed by atoms with Gasteiger partial charge in [0.2, 0.25) is 0 Å². The molecule has 2 unspecified atom stereocenters. The van der Waals surface area contributed by atoms with Gasteiger partial charge in [-0.05, 0) is 65.1 Å². The lowest BCUT2D eigenvalue weighted by Crippen LogP contribution is -2.26. The van der Waals surface area contributed by atoms with Crippen molar-refractivity contribution in [2.75, 3.05) is 0 Å². The summed E-state index contributed by atoms with van der Waals surface area (Å²) >= 11 is 25.3. The molecule has 0 radical (unpaired) electrons. The summed E-state index contributed by atoms with van der Waals surface area (Å²) in [5.41, 5.74) is 4.33. The molecule has 0 aliphatic heterocycles. The summed E-state index contributed by atoms with van der Waals surface area (Å²) in [5, 5.41) is 2.59. The number of hydrogen-bond donors (Lipinski definition) is 0. The van der Waals surface area contributed by atoms with Crippen molar-refractivity contribution < 1.29 is 0 Å². The molecule has 1 aliphatic carbocycles. The lowest BCUT2D eigenvalue weighted by atomic mass is 9.72. The van der Waals surface area contributed by atoms with Gasteiger partial charge < -0.3 is 0 Å². The molecule has 0 saturated carbocycles. The first kappa shape index (κ1) is 29.9. The van der Waals surface area contributed by atoms with Crippen LogP contribution in [0.25, 0.3) is 0 Å². The molecule has 3 aromatic carbocycles. The molecule has 2 atom stereocenters. The van der Waals surface area contributed by atoms with Crippen LogP contribution in [0.1, 0.15) is 84.1 Å². The number of rotatable bonds is 2. The van der Waals surface area contributed by atoms with Crippen LogP contribution >= 0.6 is 46.4 Å². The van der Waals surface area contributed by atoms with Gasteiger partial charge in [-0.25, -0.2) is 0 Å². The highest BCUT2D eigenvalue weighted by atomic mass is 35.5. The molecule has 0 spiro atoms.